The molecule has 0 radical (unpaired) electrons. The molecule has 0 amide bonds. The number of hydrogen-bond donors (Lipinski definition) is 0. The molecule has 106 valence electrons. The number of benzene rings is 1. The van der Waals surface area contributed by atoms with Crippen molar-refractivity contribution in [2.45, 2.75) is 13.0 Å². The Hall–Kier alpha value is -1.32. The van der Waals surface area contributed by atoms with Gasteiger partial charge in [0.15, 0.2) is 0 Å². The third-order valence-electron chi connectivity index (χ3n) is 3.41. The molecule has 0 saturated carbocycles. The van der Waals surface area contributed by atoms with E-state index in [1.54, 1.807) is 0 Å². The fraction of sp³-hybridized carbons (Fsp3) is 0.400. The predicted octanol–water partition coefficient (Wildman–Crippen LogP) is -0.443. The molecular formula is C15H22ClNO2. The van der Waals surface area contributed by atoms with Crippen molar-refractivity contribution in [2.75, 3.05) is 27.2 Å². The molecule has 0 fully saturated rings. The number of carbonyl (C=O) groups excluding carboxylic acids is 1. The van der Waals surface area contributed by atoms with E-state index in [1.165, 1.54) is 11.6 Å². The van der Waals surface area contributed by atoms with Gasteiger partial charge < -0.3 is 21.6 Å². The first-order valence-electron chi connectivity index (χ1n) is 6.14. The van der Waals surface area contributed by atoms with E-state index in [1.807, 2.05) is 18.2 Å². The highest BCUT2D eigenvalue weighted by Gasteiger charge is 2.25. The molecule has 1 aromatic carbocycles. The van der Waals surface area contributed by atoms with Gasteiger partial charge in [-0.05, 0) is 6.92 Å². The quantitative estimate of drug-likeness (QED) is 0.402. The first-order chi connectivity index (χ1) is 8.47. The maximum atomic E-state index is 11.0. The Bertz CT molecular complexity index is 404. The minimum absolute atomic E-state index is 0. The summed E-state index contributed by atoms with van der Waals surface area (Å²) in [5, 5.41) is 0. The Morgan fingerprint density at radius 2 is 1.95 bits per heavy atom. The van der Waals surface area contributed by atoms with Gasteiger partial charge in [-0.1, -0.05) is 36.9 Å². The molecule has 0 aromatic heterocycles. The first-order valence-corrected chi connectivity index (χ1v) is 6.14. The molecule has 1 atom stereocenters. The maximum absolute atomic E-state index is 11.0. The Kier molecular flexibility index (Phi) is 7.42. The molecule has 19 heavy (non-hydrogen) atoms. The number of nitrogens with zero attached hydrogens (tertiary/aromatic N) is 1. The Labute approximate surface area is 121 Å². The average Bonchev–Trinajstić information content (AvgIpc) is 2.38. The topological polar surface area (TPSA) is 26.3 Å². The van der Waals surface area contributed by atoms with Crippen LogP contribution < -0.4 is 12.4 Å². The second kappa shape index (κ2) is 7.97. The zero-order chi connectivity index (χ0) is 13.6. The van der Waals surface area contributed by atoms with Gasteiger partial charge in [0.25, 0.3) is 0 Å². The molecule has 0 aliphatic rings. The number of rotatable bonds is 6. The first kappa shape index (κ1) is 17.7. The molecule has 0 saturated heterocycles. The van der Waals surface area contributed by atoms with Crippen LogP contribution in [0.15, 0.2) is 43.0 Å². The van der Waals surface area contributed by atoms with Crippen molar-refractivity contribution in [2.24, 2.45) is 0 Å². The van der Waals surface area contributed by atoms with Gasteiger partial charge in [0, 0.05) is 11.6 Å². The van der Waals surface area contributed by atoms with E-state index in [0.717, 1.165) is 11.0 Å². The second-order valence-electron chi connectivity index (χ2n) is 4.96. The lowest BCUT2D eigenvalue weighted by Crippen LogP contribution is -3.00. The SMILES string of the molecule is C=CC(=O)OCC[N+](C)(C)C(C)c1ccccc1.[Cl-]. The molecule has 4 heteroatoms. The van der Waals surface area contributed by atoms with E-state index in [4.69, 9.17) is 4.74 Å². The number of hydrogen-bond acceptors (Lipinski definition) is 2. The maximum Gasteiger partial charge on any atom is 0.330 e. The van der Waals surface area contributed by atoms with Crippen molar-refractivity contribution in [1.82, 2.24) is 0 Å². The van der Waals surface area contributed by atoms with Crippen LogP contribution in [-0.4, -0.2) is 37.7 Å². The van der Waals surface area contributed by atoms with Crippen LogP contribution >= 0.6 is 0 Å². The third kappa shape index (κ3) is 5.45. The zero-order valence-corrected chi connectivity index (χ0v) is 12.6. The lowest BCUT2D eigenvalue weighted by molar-refractivity contribution is -0.919. The zero-order valence-electron chi connectivity index (χ0n) is 11.8. The van der Waals surface area contributed by atoms with Crippen LogP contribution in [0.1, 0.15) is 18.5 Å². The fourth-order valence-corrected chi connectivity index (χ4v) is 1.77. The van der Waals surface area contributed by atoms with Crippen LogP contribution in [-0.2, 0) is 9.53 Å². The van der Waals surface area contributed by atoms with Crippen LogP contribution in [0.25, 0.3) is 0 Å². The highest BCUT2D eigenvalue weighted by molar-refractivity contribution is 5.81. The highest BCUT2D eigenvalue weighted by atomic mass is 35.5. The van der Waals surface area contributed by atoms with E-state index in [9.17, 15) is 4.79 Å². The minimum Gasteiger partial charge on any atom is -1.00 e. The summed E-state index contributed by atoms with van der Waals surface area (Å²) < 4.78 is 5.81. The summed E-state index contributed by atoms with van der Waals surface area (Å²) in [5.41, 5.74) is 1.29. The van der Waals surface area contributed by atoms with Crippen molar-refractivity contribution in [3.8, 4) is 0 Å². The Morgan fingerprint density at radius 3 is 2.47 bits per heavy atom. The van der Waals surface area contributed by atoms with E-state index in [2.05, 4.69) is 39.7 Å². The second-order valence-corrected chi connectivity index (χ2v) is 4.96. The fourth-order valence-electron chi connectivity index (χ4n) is 1.77. The normalized spacial score (nSPS) is 12.2. The number of quaternary nitrogens is 1. The summed E-state index contributed by atoms with van der Waals surface area (Å²) in [6, 6.07) is 10.7. The summed E-state index contributed by atoms with van der Waals surface area (Å²) in [6.07, 6.45) is 1.20. The molecule has 0 aliphatic heterocycles. The molecular weight excluding hydrogens is 262 g/mol. The van der Waals surface area contributed by atoms with Crippen LogP contribution in [0.5, 0.6) is 0 Å². The van der Waals surface area contributed by atoms with Gasteiger partial charge in [-0.2, -0.15) is 0 Å². The van der Waals surface area contributed by atoms with Gasteiger partial charge in [-0.3, -0.25) is 0 Å². The smallest absolute Gasteiger partial charge is 0.330 e. The van der Waals surface area contributed by atoms with E-state index >= 15 is 0 Å². The Morgan fingerprint density at radius 1 is 1.37 bits per heavy atom. The van der Waals surface area contributed by atoms with Crippen molar-refractivity contribution in [1.29, 1.82) is 0 Å². The summed E-state index contributed by atoms with van der Waals surface area (Å²) in [4.78, 5) is 11.0. The summed E-state index contributed by atoms with van der Waals surface area (Å²) in [6.45, 7) is 6.75. The summed E-state index contributed by atoms with van der Waals surface area (Å²) in [5.74, 6) is -0.359. The molecule has 0 aliphatic carbocycles. The van der Waals surface area contributed by atoms with Crippen LogP contribution in [0.4, 0.5) is 0 Å². The van der Waals surface area contributed by atoms with E-state index in [0.29, 0.717) is 12.6 Å². The standard InChI is InChI=1S/C15H22NO2.ClH/c1-5-15(17)18-12-11-16(3,4)13(2)14-9-7-6-8-10-14;/h5-10,13H,1,11-12H2,2-4H3;1H/q+1;/p-1. The highest BCUT2D eigenvalue weighted by Crippen LogP contribution is 2.23. The van der Waals surface area contributed by atoms with Crippen molar-refractivity contribution < 1.29 is 26.4 Å². The lowest BCUT2D eigenvalue weighted by atomic mass is 10.1. The van der Waals surface area contributed by atoms with E-state index < -0.39 is 0 Å². The molecule has 1 unspecified atom stereocenters. The van der Waals surface area contributed by atoms with Crippen molar-refractivity contribution in [3.63, 3.8) is 0 Å². The van der Waals surface area contributed by atoms with Gasteiger partial charge >= 0.3 is 5.97 Å². The largest absolute Gasteiger partial charge is 1.00 e. The summed E-state index contributed by atoms with van der Waals surface area (Å²) >= 11 is 0. The van der Waals surface area contributed by atoms with Crippen LogP contribution in [0.2, 0.25) is 0 Å². The molecule has 0 spiro atoms. The molecule has 0 N–H and O–H groups in total. The van der Waals surface area contributed by atoms with E-state index in [-0.39, 0.29) is 18.4 Å². The van der Waals surface area contributed by atoms with Gasteiger partial charge in [-0.15, -0.1) is 0 Å². The number of esters is 1. The number of ether oxygens (including phenoxy) is 1. The van der Waals surface area contributed by atoms with Crippen molar-refractivity contribution >= 4 is 5.97 Å². The average molecular weight is 284 g/mol. The Balaban J connectivity index is 0.00000324. The van der Waals surface area contributed by atoms with Gasteiger partial charge in [-0.25, -0.2) is 4.79 Å². The predicted molar refractivity (Wildman–Crippen MR) is 73.0 cm³/mol. The third-order valence-corrected chi connectivity index (χ3v) is 3.41. The molecule has 1 aromatic rings. The molecule has 0 bridgehead atoms. The summed E-state index contributed by atoms with van der Waals surface area (Å²) in [7, 11) is 4.28. The lowest BCUT2D eigenvalue weighted by Gasteiger charge is -2.36. The molecule has 0 heterocycles. The van der Waals surface area contributed by atoms with Crippen LogP contribution in [0.3, 0.4) is 0 Å². The van der Waals surface area contributed by atoms with Gasteiger partial charge in [0.1, 0.15) is 19.2 Å². The monoisotopic (exact) mass is 283 g/mol. The van der Waals surface area contributed by atoms with Crippen molar-refractivity contribution in [3.05, 3.63) is 48.6 Å². The minimum atomic E-state index is -0.359. The number of halogens is 1. The molecule has 3 nitrogen and oxygen atoms in total. The van der Waals surface area contributed by atoms with Gasteiger partial charge in [0.05, 0.1) is 14.1 Å². The van der Waals surface area contributed by atoms with Crippen LogP contribution in [0, 0.1) is 0 Å². The number of carbonyl (C=O) groups is 1. The van der Waals surface area contributed by atoms with Gasteiger partial charge in [0.2, 0.25) is 0 Å². The molecule has 1 rings (SSSR count). The number of likely N-dealkylation sites (N-methyl/N-ethyl adjacent to an activating group) is 1.